The molecule has 0 bridgehead atoms. The Kier molecular flexibility index (Phi) is 8.68. The van der Waals surface area contributed by atoms with Crippen LogP contribution in [0.15, 0.2) is 12.7 Å². The fourth-order valence-electron chi connectivity index (χ4n) is 5.02. The van der Waals surface area contributed by atoms with E-state index in [0.717, 1.165) is 36.3 Å². The van der Waals surface area contributed by atoms with Gasteiger partial charge in [-0.25, -0.2) is 15.0 Å². The van der Waals surface area contributed by atoms with Crippen LogP contribution in [-0.4, -0.2) is 61.0 Å². The number of aromatic nitrogens is 4. The first kappa shape index (κ1) is 26.2. The van der Waals surface area contributed by atoms with E-state index in [9.17, 15) is 0 Å². The quantitative estimate of drug-likeness (QED) is 0.424. The molecule has 3 heterocycles. The summed E-state index contributed by atoms with van der Waals surface area (Å²) in [7, 11) is -3.92. The Hall–Kier alpha value is -1.38. The average molecular weight is 495 g/mol. The molecule has 4 atom stereocenters. The third-order valence-electron chi connectivity index (χ3n) is 7.82. The van der Waals surface area contributed by atoms with E-state index < -0.39 is 22.9 Å². The van der Waals surface area contributed by atoms with Gasteiger partial charge in [-0.1, -0.05) is 41.5 Å². The van der Waals surface area contributed by atoms with E-state index in [2.05, 4.69) is 56.5 Å². The lowest BCUT2D eigenvalue weighted by molar-refractivity contribution is -0.0282. The molecule has 11 heteroatoms. The van der Waals surface area contributed by atoms with Crippen LogP contribution >= 0.6 is 0 Å². The summed E-state index contributed by atoms with van der Waals surface area (Å²) in [5.74, 6) is 0.353. The minimum Gasteiger partial charge on any atom is -0.408 e. The van der Waals surface area contributed by atoms with Crippen LogP contribution in [0.3, 0.4) is 0 Å². The smallest absolute Gasteiger partial charge is 0.192 e. The van der Waals surface area contributed by atoms with Gasteiger partial charge in [0.2, 0.25) is 0 Å². The Labute approximate surface area is 199 Å². The van der Waals surface area contributed by atoms with Gasteiger partial charge >= 0.3 is 0 Å². The number of ether oxygens (including phenoxy) is 1. The fraction of sp³-hybridized carbons (Fsp3) is 0.773. The molecule has 1 saturated heterocycles. The maximum absolute atomic E-state index is 7.12. The molecule has 0 amide bonds. The van der Waals surface area contributed by atoms with Gasteiger partial charge in [-0.05, 0) is 36.3 Å². The molecule has 0 aromatic carbocycles. The first-order valence-electron chi connectivity index (χ1n) is 12.5. The zero-order chi connectivity index (χ0) is 24.2. The number of anilines is 1. The Morgan fingerprint density at radius 2 is 1.42 bits per heavy atom. The molecule has 2 aromatic heterocycles. The molecule has 33 heavy (non-hydrogen) atoms. The van der Waals surface area contributed by atoms with Crippen molar-refractivity contribution in [3.05, 3.63) is 12.7 Å². The molecule has 0 saturated carbocycles. The van der Waals surface area contributed by atoms with E-state index in [1.54, 1.807) is 6.33 Å². The molecule has 4 N–H and O–H groups in total. The molecular weight excluding hydrogens is 452 g/mol. The summed E-state index contributed by atoms with van der Waals surface area (Å²) < 4.78 is 22.7. The maximum atomic E-state index is 7.12. The number of imidazole rings is 1. The number of hydrogen-bond acceptors (Lipinski definition) is 8. The Bertz CT molecular complexity index is 889. The summed E-state index contributed by atoms with van der Waals surface area (Å²) in [4.78, 5) is 13.0. The van der Waals surface area contributed by atoms with Crippen LogP contribution in [0.4, 0.5) is 5.82 Å². The molecule has 1 fully saturated rings. The number of nitrogen functional groups attached to an aromatic ring is 1. The van der Waals surface area contributed by atoms with Gasteiger partial charge in [0.05, 0.1) is 12.4 Å². The molecule has 0 aliphatic carbocycles. The van der Waals surface area contributed by atoms with Gasteiger partial charge in [-0.3, -0.25) is 4.57 Å². The van der Waals surface area contributed by atoms with Crippen molar-refractivity contribution in [3.63, 3.8) is 0 Å². The monoisotopic (exact) mass is 494 g/mol. The molecule has 186 valence electrons. The van der Waals surface area contributed by atoms with Crippen molar-refractivity contribution in [1.82, 2.24) is 19.5 Å². The Balaban J connectivity index is 2.10. The number of rotatable bonds is 12. The lowest BCUT2D eigenvalue weighted by Gasteiger charge is -2.39. The summed E-state index contributed by atoms with van der Waals surface area (Å²) in [5, 5.41) is 0. The summed E-state index contributed by atoms with van der Waals surface area (Å²) in [6.07, 6.45) is 1.99. The third kappa shape index (κ3) is 4.89. The Morgan fingerprint density at radius 1 is 0.879 bits per heavy atom. The second-order valence-corrected chi connectivity index (χ2v) is 18.5. The van der Waals surface area contributed by atoms with Crippen molar-refractivity contribution in [3.8, 4) is 0 Å². The molecule has 3 rings (SSSR count). The van der Waals surface area contributed by atoms with E-state index >= 15 is 0 Å². The van der Waals surface area contributed by atoms with Crippen LogP contribution in [-0.2, 0) is 13.6 Å². The van der Waals surface area contributed by atoms with Crippen molar-refractivity contribution in [2.24, 2.45) is 5.73 Å². The first-order chi connectivity index (χ1) is 15.9. The SMILES string of the molecule is CC[Si](CC)(CC)OC1C(O[Si](CC)(CC)CC)[C@@H](CN)O[C@H]1n1cnc2c(N)ncnc21. The minimum atomic E-state index is -1.98. The van der Waals surface area contributed by atoms with Gasteiger partial charge in [0.15, 0.2) is 34.3 Å². The predicted octanol–water partition coefficient (Wildman–Crippen LogP) is 4.05. The molecular formula is C22H42N6O3Si2. The standard InChI is InChI=1S/C22H42N6O3Si2/c1-7-32(8-2,9-3)30-18-16(13-23)29-22(19(18)31-33(10-4,11-5)12-6)28-15-27-17-20(24)25-14-26-21(17)28/h14-16,18-19,22H,7-13,23H2,1-6H3,(H2,24,25,26)/t16-,18?,19?,22-/m1/s1. The van der Waals surface area contributed by atoms with E-state index in [4.69, 9.17) is 25.1 Å². The highest BCUT2D eigenvalue weighted by Crippen LogP contribution is 2.41. The first-order valence-corrected chi connectivity index (χ1v) is 17.6. The lowest BCUT2D eigenvalue weighted by Crippen LogP contribution is -2.52. The van der Waals surface area contributed by atoms with Gasteiger partial charge in [0.1, 0.15) is 24.1 Å². The molecule has 1 aliphatic heterocycles. The van der Waals surface area contributed by atoms with Crippen molar-refractivity contribution in [2.45, 2.75) is 102 Å². The minimum absolute atomic E-state index is 0.223. The number of nitrogens with zero attached hydrogens (tertiary/aromatic N) is 4. The van der Waals surface area contributed by atoms with Crippen molar-refractivity contribution < 1.29 is 13.6 Å². The highest BCUT2D eigenvalue weighted by atomic mass is 28.4. The van der Waals surface area contributed by atoms with E-state index in [1.807, 2.05) is 4.57 Å². The van der Waals surface area contributed by atoms with Crippen molar-refractivity contribution >= 4 is 33.6 Å². The lowest BCUT2D eigenvalue weighted by atomic mass is 10.1. The second kappa shape index (κ2) is 10.9. The van der Waals surface area contributed by atoms with Crippen LogP contribution in [0.1, 0.15) is 47.8 Å². The van der Waals surface area contributed by atoms with Crippen molar-refractivity contribution in [2.75, 3.05) is 12.3 Å². The highest BCUT2D eigenvalue weighted by molar-refractivity contribution is 6.74. The highest BCUT2D eigenvalue weighted by Gasteiger charge is 2.52. The van der Waals surface area contributed by atoms with Gasteiger partial charge in [0, 0.05) is 6.54 Å². The second-order valence-electron chi connectivity index (χ2n) is 9.04. The average Bonchev–Trinajstić information content (AvgIpc) is 3.43. The summed E-state index contributed by atoms with van der Waals surface area (Å²) in [5.41, 5.74) is 13.5. The van der Waals surface area contributed by atoms with Crippen LogP contribution in [0.5, 0.6) is 0 Å². The molecule has 2 aromatic rings. The van der Waals surface area contributed by atoms with Crippen LogP contribution < -0.4 is 11.5 Å². The maximum Gasteiger partial charge on any atom is 0.192 e. The molecule has 0 spiro atoms. The van der Waals surface area contributed by atoms with Gasteiger partial charge in [-0.15, -0.1) is 0 Å². The summed E-state index contributed by atoms with van der Waals surface area (Å²) in [6.45, 7) is 13.8. The predicted molar refractivity (Wildman–Crippen MR) is 137 cm³/mol. The van der Waals surface area contributed by atoms with Crippen LogP contribution in [0.2, 0.25) is 36.3 Å². The molecule has 0 radical (unpaired) electrons. The zero-order valence-electron chi connectivity index (χ0n) is 21.1. The fourth-order valence-corrected chi connectivity index (χ4v) is 10.7. The van der Waals surface area contributed by atoms with Crippen LogP contribution in [0.25, 0.3) is 11.2 Å². The topological polar surface area (TPSA) is 123 Å². The van der Waals surface area contributed by atoms with Gasteiger partial charge in [-0.2, -0.15) is 0 Å². The van der Waals surface area contributed by atoms with Gasteiger partial charge in [0.25, 0.3) is 0 Å². The van der Waals surface area contributed by atoms with E-state index in [1.165, 1.54) is 6.33 Å². The number of fused-ring (bicyclic) bond motifs is 1. The van der Waals surface area contributed by atoms with E-state index in [-0.39, 0.29) is 18.3 Å². The third-order valence-corrected chi connectivity index (χ3v) is 17.1. The summed E-state index contributed by atoms with van der Waals surface area (Å²) >= 11 is 0. The van der Waals surface area contributed by atoms with E-state index in [0.29, 0.717) is 23.5 Å². The summed E-state index contributed by atoms with van der Waals surface area (Å²) in [6, 6.07) is 6.30. The molecule has 1 aliphatic rings. The number of nitrogens with two attached hydrogens (primary N) is 2. The molecule has 2 unspecified atom stereocenters. The Morgan fingerprint density at radius 3 is 1.94 bits per heavy atom. The molecule has 9 nitrogen and oxygen atoms in total. The zero-order valence-corrected chi connectivity index (χ0v) is 23.1. The number of hydrogen-bond donors (Lipinski definition) is 2. The van der Waals surface area contributed by atoms with Gasteiger partial charge < -0.3 is 25.1 Å². The van der Waals surface area contributed by atoms with Crippen LogP contribution in [0, 0.1) is 0 Å². The largest absolute Gasteiger partial charge is 0.408 e. The normalized spacial score (nSPS) is 24.1. The van der Waals surface area contributed by atoms with Crippen molar-refractivity contribution in [1.29, 1.82) is 0 Å².